The number of aromatic nitrogens is 3. The fourth-order valence-corrected chi connectivity index (χ4v) is 3.02. The Hall–Kier alpha value is -3.88. The molecule has 9 heteroatoms. The van der Waals surface area contributed by atoms with E-state index in [1.807, 2.05) is 32.0 Å². The van der Waals surface area contributed by atoms with Crippen LogP contribution in [0.2, 0.25) is 0 Å². The van der Waals surface area contributed by atoms with Gasteiger partial charge in [-0.05, 0) is 50.1 Å². The maximum atomic E-state index is 12.7. The van der Waals surface area contributed by atoms with Crippen LogP contribution in [-0.4, -0.2) is 41.0 Å². The molecule has 0 atom stereocenters. The first-order chi connectivity index (χ1) is 14.8. The Bertz CT molecular complexity index is 1120. The average Bonchev–Trinajstić information content (AvgIpc) is 3.10. The van der Waals surface area contributed by atoms with E-state index >= 15 is 0 Å². The molecule has 3 rings (SSSR count). The summed E-state index contributed by atoms with van der Waals surface area (Å²) >= 11 is 0. The number of nitrogens with one attached hydrogen (secondary N) is 2. The molecule has 0 spiro atoms. The van der Waals surface area contributed by atoms with Gasteiger partial charge < -0.3 is 20.1 Å². The third-order valence-corrected chi connectivity index (χ3v) is 4.80. The Kier molecular flexibility index (Phi) is 6.54. The van der Waals surface area contributed by atoms with E-state index in [9.17, 15) is 9.59 Å². The van der Waals surface area contributed by atoms with E-state index in [0.717, 1.165) is 11.1 Å². The van der Waals surface area contributed by atoms with Gasteiger partial charge in [0.15, 0.2) is 17.2 Å². The molecular weight excluding hydrogens is 398 g/mol. The molecule has 0 aliphatic carbocycles. The number of anilines is 2. The number of carbonyl (C=O) groups is 2. The second-order valence-electron chi connectivity index (χ2n) is 7.07. The molecule has 2 N–H and O–H groups in total. The largest absolute Gasteiger partial charge is 0.493 e. The smallest absolute Gasteiger partial charge is 0.278 e. The van der Waals surface area contributed by atoms with E-state index in [1.54, 1.807) is 25.1 Å². The van der Waals surface area contributed by atoms with Crippen molar-refractivity contribution in [1.29, 1.82) is 0 Å². The molecule has 0 aliphatic rings. The number of amides is 2. The van der Waals surface area contributed by atoms with Gasteiger partial charge in [-0.3, -0.25) is 9.59 Å². The van der Waals surface area contributed by atoms with Crippen molar-refractivity contribution in [2.24, 2.45) is 0 Å². The van der Waals surface area contributed by atoms with Crippen LogP contribution in [0.3, 0.4) is 0 Å². The summed E-state index contributed by atoms with van der Waals surface area (Å²) in [7, 11) is 3.06. The highest BCUT2D eigenvalue weighted by atomic mass is 16.5. The summed E-state index contributed by atoms with van der Waals surface area (Å²) < 4.78 is 11.8. The Labute approximate surface area is 180 Å². The minimum atomic E-state index is -0.377. The number of nitrogens with zero attached hydrogens (tertiary/aromatic N) is 3. The van der Waals surface area contributed by atoms with Crippen molar-refractivity contribution in [3.63, 3.8) is 0 Å². The van der Waals surface area contributed by atoms with E-state index in [0.29, 0.717) is 28.6 Å². The van der Waals surface area contributed by atoms with Crippen LogP contribution >= 0.6 is 0 Å². The third-order valence-electron chi connectivity index (χ3n) is 4.80. The summed E-state index contributed by atoms with van der Waals surface area (Å²) in [6, 6.07) is 10.9. The van der Waals surface area contributed by atoms with Crippen LogP contribution in [0.25, 0.3) is 0 Å². The van der Waals surface area contributed by atoms with Gasteiger partial charge in [-0.1, -0.05) is 17.3 Å². The number of benzene rings is 2. The van der Waals surface area contributed by atoms with Gasteiger partial charge in [0.25, 0.3) is 5.91 Å². The van der Waals surface area contributed by atoms with Crippen LogP contribution in [0.5, 0.6) is 11.5 Å². The molecule has 0 saturated heterocycles. The molecule has 0 saturated carbocycles. The predicted octanol–water partition coefficient (Wildman–Crippen LogP) is 3.11. The molecular formula is C22H25N5O4. The van der Waals surface area contributed by atoms with Gasteiger partial charge in [0.1, 0.15) is 6.54 Å². The van der Waals surface area contributed by atoms with E-state index in [-0.39, 0.29) is 24.1 Å². The van der Waals surface area contributed by atoms with Gasteiger partial charge in [0.05, 0.1) is 19.9 Å². The van der Waals surface area contributed by atoms with Gasteiger partial charge in [0, 0.05) is 17.4 Å². The zero-order valence-electron chi connectivity index (χ0n) is 18.1. The minimum absolute atomic E-state index is 0.0933. The van der Waals surface area contributed by atoms with Crippen molar-refractivity contribution < 1.29 is 19.1 Å². The molecule has 0 fully saturated rings. The second-order valence-corrected chi connectivity index (χ2v) is 7.07. The van der Waals surface area contributed by atoms with E-state index in [2.05, 4.69) is 20.9 Å². The molecule has 0 bridgehead atoms. The van der Waals surface area contributed by atoms with Crippen LogP contribution in [0.15, 0.2) is 36.4 Å². The topological polar surface area (TPSA) is 107 Å². The summed E-state index contributed by atoms with van der Waals surface area (Å²) in [5, 5.41) is 13.5. The normalized spacial score (nSPS) is 10.5. The number of aryl methyl sites for hydroxylation is 2. The molecule has 9 nitrogen and oxygen atoms in total. The quantitative estimate of drug-likeness (QED) is 0.605. The second kappa shape index (κ2) is 9.29. The Morgan fingerprint density at radius 2 is 1.71 bits per heavy atom. The lowest BCUT2D eigenvalue weighted by atomic mass is 10.1. The number of hydrogen-bond donors (Lipinski definition) is 2. The van der Waals surface area contributed by atoms with Crippen LogP contribution in [0.4, 0.5) is 11.4 Å². The maximum absolute atomic E-state index is 12.7. The molecule has 3 aromatic rings. The number of methoxy groups -OCH3 is 2. The van der Waals surface area contributed by atoms with Gasteiger partial charge in [-0.2, -0.15) is 0 Å². The first-order valence-electron chi connectivity index (χ1n) is 9.63. The number of hydrogen-bond acceptors (Lipinski definition) is 6. The number of carbonyl (C=O) groups excluding carboxylic acids is 2. The molecule has 2 amide bonds. The first kappa shape index (κ1) is 21.8. The molecule has 1 aromatic heterocycles. The fraction of sp³-hybridized carbons (Fsp3) is 0.273. The predicted molar refractivity (Wildman–Crippen MR) is 117 cm³/mol. The van der Waals surface area contributed by atoms with Crippen LogP contribution < -0.4 is 20.1 Å². The van der Waals surface area contributed by atoms with Crippen LogP contribution in [-0.2, 0) is 11.3 Å². The molecule has 1 heterocycles. The fourth-order valence-electron chi connectivity index (χ4n) is 3.02. The number of rotatable bonds is 7. The maximum Gasteiger partial charge on any atom is 0.278 e. The minimum Gasteiger partial charge on any atom is -0.493 e. The average molecular weight is 423 g/mol. The third kappa shape index (κ3) is 5.00. The summed E-state index contributed by atoms with van der Waals surface area (Å²) in [4.78, 5) is 25.1. The van der Waals surface area contributed by atoms with Crippen molar-refractivity contribution in [3.05, 3.63) is 58.9 Å². The summed E-state index contributed by atoms with van der Waals surface area (Å²) in [5.41, 5.74) is 3.90. The molecule has 0 radical (unpaired) electrons. The molecule has 0 aliphatic heterocycles. The molecule has 2 aromatic carbocycles. The lowest BCUT2D eigenvalue weighted by Crippen LogP contribution is -2.21. The Balaban J connectivity index is 1.69. The van der Waals surface area contributed by atoms with Crippen molar-refractivity contribution in [2.45, 2.75) is 27.3 Å². The Morgan fingerprint density at radius 1 is 0.968 bits per heavy atom. The highest BCUT2D eigenvalue weighted by Gasteiger charge is 2.19. The van der Waals surface area contributed by atoms with Gasteiger partial charge in [-0.25, -0.2) is 4.68 Å². The summed E-state index contributed by atoms with van der Waals surface area (Å²) in [6.45, 7) is 5.47. The van der Waals surface area contributed by atoms with Crippen molar-refractivity contribution >= 4 is 23.2 Å². The zero-order valence-corrected chi connectivity index (χ0v) is 18.1. The van der Waals surface area contributed by atoms with Crippen LogP contribution in [0.1, 0.15) is 27.3 Å². The number of ether oxygens (including phenoxy) is 2. The molecule has 162 valence electrons. The van der Waals surface area contributed by atoms with E-state index in [1.165, 1.54) is 18.9 Å². The molecule has 31 heavy (non-hydrogen) atoms. The summed E-state index contributed by atoms with van der Waals surface area (Å²) in [6.07, 6.45) is 0. The SMILES string of the molecule is COc1ccc(NC(=O)Cn2nnc(C(=O)Nc3cc(C)ccc3C)c2C)cc1OC. The zero-order chi connectivity index (χ0) is 22.5. The van der Waals surface area contributed by atoms with Crippen molar-refractivity contribution in [2.75, 3.05) is 24.9 Å². The van der Waals surface area contributed by atoms with Gasteiger partial charge in [-0.15, -0.1) is 5.10 Å². The lowest BCUT2D eigenvalue weighted by Gasteiger charge is -2.11. The van der Waals surface area contributed by atoms with Crippen molar-refractivity contribution in [1.82, 2.24) is 15.0 Å². The highest BCUT2D eigenvalue weighted by Crippen LogP contribution is 2.29. The molecule has 0 unspecified atom stereocenters. The Morgan fingerprint density at radius 3 is 2.42 bits per heavy atom. The lowest BCUT2D eigenvalue weighted by molar-refractivity contribution is -0.117. The van der Waals surface area contributed by atoms with E-state index in [4.69, 9.17) is 9.47 Å². The van der Waals surface area contributed by atoms with Crippen molar-refractivity contribution in [3.8, 4) is 11.5 Å². The van der Waals surface area contributed by atoms with Gasteiger partial charge in [0.2, 0.25) is 5.91 Å². The first-order valence-corrected chi connectivity index (χ1v) is 9.63. The van der Waals surface area contributed by atoms with Crippen LogP contribution in [0, 0.1) is 20.8 Å². The highest BCUT2D eigenvalue weighted by molar-refractivity contribution is 6.04. The standard InChI is InChI=1S/C22H25N5O4/c1-13-6-7-14(2)17(10-13)24-22(29)21-15(3)27(26-25-21)12-20(28)23-16-8-9-18(30-4)19(11-16)31-5/h6-11H,12H2,1-5H3,(H,23,28)(H,24,29). The monoisotopic (exact) mass is 423 g/mol. The summed E-state index contributed by atoms with van der Waals surface area (Å²) in [5.74, 6) is 0.370. The van der Waals surface area contributed by atoms with Gasteiger partial charge >= 0.3 is 0 Å². The van der Waals surface area contributed by atoms with E-state index < -0.39 is 0 Å².